The van der Waals surface area contributed by atoms with Crippen LogP contribution < -0.4 is 5.73 Å². The van der Waals surface area contributed by atoms with Crippen LogP contribution in [0.5, 0.6) is 0 Å². The van der Waals surface area contributed by atoms with Crippen LogP contribution in [-0.2, 0) is 10.2 Å². The molecular formula is C15H19ClFN3O. The second-order valence-electron chi connectivity index (χ2n) is 5.68. The van der Waals surface area contributed by atoms with Crippen LogP contribution in [0.2, 0.25) is 5.02 Å². The summed E-state index contributed by atoms with van der Waals surface area (Å²) in [6, 6.07) is 4.59. The molecule has 0 bridgehead atoms. The summed E-state index contributed by atoms with van der Waals surface area (Å²) < 4.78 is 18.5. The number of nitrogens with two attached hydrogens (primary N) is 1. The summed E-state index contributed by atoms with van der Waals surface area (Å²) >= 11 is 6.17. The van der Waals surface area contributed by atoms with E-state index in [1.54, 1.807) is 6.07 Å². The van der Waals surface area contributed by atoms with Crippen molar-refractivity contribution in [1.82, 2.24) is 4.90 Å². The molecule has 4 nitrogen and oxygen atoms in total. The lowest BCUT2D eigenvalue weighted by molar-refractivity contribution is 0.0674. The molecule has 0 aromatic heterocycles. The van der Waals surface area contributed by atoms with Gasteiger partial charge in [-0.05, 0) is 30.5 Å². The second-order valence-corrected chi connectivity index (χ2v) is 6.09. The van der Waals surface area contributed by atoms with Crippen LogP contribution in [0.1, 0.15) is 18.4 Å². The van der Waals surface area contributed by atoms with Crippen molar-refractivity contribution in [1.29, 1.82) is 0 Å². The molecule has 2 N–H and O–H groups in total. The van der Waals surface area contributed by atoms with Crippen molar-refractivity contribution in [3.63, 3.8) is 0 Å². The summed E-state index contributed by atoms with van der Waals surface area (Å²) in [5, 5.41) is 0.479. The molecule has 0 atom stereocenters. The van der Waals surface area contributed by atoms with Crippen molar-refractivity contribution in [2.75, 3.05) is 32.8 Å². The third-order valence-corrected chi connectivity index (χ3v) is 4.55. The average Bonchev–Trinajstić information content (AvgIpc) is 3.26. The summed E-state index contributed by atoms with van der Waals surface area (Å²) in [7, 11) is 0. The highest BCUT2D eigenvalue weighted by Gasteiger charge is 2.45. The maximum Gasteiger partial charge on any atom is 0.191 e. The standard InChI is InChI=1S/C15H19ClFN3O/c16-13-9-11(17)1-2-12(13)15(3-4-15)10-19-14(18)20-5-7-21-8-6-20/h1-2,9H,3-8,10H2,(H2,18,19). The smallest absolute Gasteiger partial charge is 0.191 e. The van der Waals surface area contributed by atoms with Gasteiger partial charge in [0.05, 0.1) is 19.8 Å². The summed E-state index contributed by atoms with van der Waals surface area (Å²) in [5.41, 5.74) is 6.96. The van der Waals surface area contributed by atoms with Crippen LogP contribution in [0, 0.1) is 5.82 Å². The SMILES string of the molecule is NC(=NCC1(c2ccc(F)cc2Cl)CC1)N1CCOCC1. The predicted molar refractivity (Wildman–Crippen MR) is 81.2 cm³/mol. The number of guanidine groups is 1. The molecule has 1 saturated carbocycles. The van der Waals surface area contributed by atoms with Crippen LogP contribution in [0.25, 0.3) is 0 Å². The molecule has 0 unspecified atom stereocenters. The van der Waals surface area contributed by atoms with E-state index in [0.717, 1.165) is 31.5 Å². The van der Waals surface area contributed by atoms with Crippen LogP contribution in [-0.4, -0.2) is 43.7 Å². The van der Waals surface area contributed by atoms with E-state index < -0.39 is 0 Å². The van der Waals surface area contributed by atoms with E-state index in [0.29, 0.717) is 30.7 Å². The van der Waals surface area contributed by atoms with Gasteiger partial charge >= 0.3 is 0 Å². The van der Waals surface area contributed by atoms with Crippen molar-refractivity contribution >= 4 is 17.6 Å². The molecule has 1 aromatic carbocycles. The molecule has 6 heteroatoms. The van der Waals surface area contributed by atoms with Gasteiger partial charge in [0.2, 0.25) is 0 Å². The van der Waals surface area contributed by atoms with Crippen LogP contribution in [0.3, 0.4) is 0 Å². The number of aliphatic imine (C=N–C) groups is 1. The maximum atomic E-state index is 13.2. The molecule has 3 rings (SSSR count). The lowest BCUT2D eigenvalue weighted by Gasteiger charge is -2.28. The fourth-order valence-corrected chi connectivity index (χ4v) is 3.08. The molecule has 0 spiro atoms. The topological polar surface area (TPSA) is 50.8 Å². The Morgan fingerprint density at radius 2 is 2.10 bits per heavy atom. The van der Waals surface area contributed by atoms with Gasteiger partial charge in [-0.1, -0.05) is 17.7 Å². The van der Waals surface area contributed by atoms with Crippen LogP contribution in [0.4, 0.5) is 4.39 Å². The van der Waals surface area contributed by atoms with Gasteiger partial charge in [0, 0.05) is 23.5 Å². The van der Waals surface area contributed by atoms with E-state index in [4.69, 9.17) is 22.1 Å². The summed E-state index contributed by atoms with van der Waals surface area (Å²) in [5.74, 6) is 0.249. The molecule has 21 heavy (non-hydrogen) atoms. The molecule has 1 heterocycles. The van der Waals surface area contributed by atoms with E-state index in [9.17, 15) is 4.39 Å². The zero-order valence-electron chi connectivity index (χ0n) is 11.8. The molecule has 1 aromatic rings. The molecule has 1 aliphatic carbocycles. The fraction of sp³-hybridized carbons (Fsp3) is 0.533. The average molecular weight is 312 g/mol. The molecule has 2 fully saturated rings. The number of rotatable bonds is 3. The minimum atomic E-state index is -0.309. The Hall–Kier alpha value is -1.33. The summed E-state index contributed by atoms with van der Waals surface area (Å²) in [6.45, 7) is 3.52. The minimum Gasteiger partial charge on any atom is -0.378 e. The van der Waals surface area contributed by atoms with E-state index in [1.165, 1.54) is 12.1 Å². The Morgan fingerprint density at radius 1 is 1.38 bits per heavy atom. The van der Waals surface area contributed by atoms with E-state index in [1.807, 2.05) is 4.90 Å². The van der Waals surface area contributed by atoms with Crippen molar-refractivity contribution in [2.45, 2.75) is 18.3 Å². The molecule has 0 radical (unpaired) electrons. The highest BCUT2D eigenvalue weighted by atomic mass is 35.5. The fourth-order valence-electron chi connectivity index (χ4n) is 2.71. The highest BCUT2D eigenvalue weighted by Crippen LogP contribution is 2.50. The predicted octanol–water partition coefficient (Wildman–Crippen LogP) is 2.16. The molecule has 2 aliphatic rings. The quantitative estimate of drug-likeness (QED) is 0.687. The second kappa shape index (κ2) is 5.81. The van der Waals surface area contributed by atoms with Gasteiger partial charge < -0.3 is 15.4 Å². The van der Waals surface area contributed by atoms with Gasteiger partial charge in [-0.2, -0.15) is 0 Å². The van der Waals surface area contributed by atoms with Gasteiger partial charge in [-0.15, -0.1) is 0 Å². The molecular weight excluding hydrogens is 293 g/mol. The van der Waals surface area contributed by atoms with Crippen molar-refractivity contribution in [2.24, 2.45) is 10.7 Å². The first-order valence-corrected chi connectivity index (χ1v) is 7.57. The molecule has 0 amide bonds. The first kappa shape index (κ1) is 14.6. The minimum absolute atomic E-state index is 0.0678. The molecule has 1 aliphatic heterocycles. The normalized spacial score (nSPS) is 21.4. The van der Waals surface area contributed by atoms with Gasteiger partial charge in [0.15, 0.2) is 5.96 Å². The maximum absolute atomic E-state index is 13.2. The van der Waals surface area contributed by atoms with Crippen LogP contribution in [0.15, 0.2) is 23.2 Å². The number of halogens is 2. The number of morpholine rings is 1. The monoisotopic (exact) mass is 311 g/mol. The number of hydrogen-bond acceptors (Lipinski definition) is 2. The Labute approximate surface area is 128 Å². The first-order valence-electron chi connectivity index (χ1n) is 7.19. The van der Waals surface area contributed by atoms with E-state index in [2.05, 4.69) is 4.99 Å². The zero-order valence-corrected chi connectivity index (χ0v) is 12.6. The summed E-state index contributed by atoms with van der Waals surface area (Å²) in [6.07, 6.45) is 2.02. The number of ether oxygens (including phenoxy) is 1. The Kier molecular flexibility index (Phi) is 4.04. The van der Waals surface area contributed by atoms with Gasteiger partial charge in [-0.25, -0.2) is 4.39 Å². The lowest BCUT2D eigenvalue weighted by atomic mass is 9.96. The Balaban J connectivity index is 1.71. The van der Waals surface area contributed by atoms with Crippen LogP contribution >= 0.6 is 11.6 Å². The molecule has 1 saturated heterocycles. The number of hydrogen-bond donors (Lipinski definition) is 1. The third-order valence-electron chi connectivity index (χ3n) is 4.23. The largest absolute Gasteiger partial charge is 0.378 e. The number of benzene rings is 1. The zero-order chi connectivity index (χ0) is 14.9. The van der Waals surface area contributed by atoms with Crippen molar-refractivity contribution < 1.29 is 9.13 Å². The van der Waals surface area contributed by atoms with Gasteiger partial charge in [0.1, 0.15) is 5.82 Å². The third kappa shape index (κ3) is 3.14. The number of nitrogens with zero attached hydrogens (tertiary/aromatic N) is 2. The van der Waals surface area contributed by atoms with E-state index in [-0.39, 0.29) is 11.2 Å². The van der Waals surface area contributed by atoms with Crippen molar-refractivity contribution in [3.8, 4) is 0 Å². The van der Waals surface area contributed by atoms with Crippen molar-refractivity contribution in [3.05, 3.63) is 34.6 Å². The van der Waals surface area contributed by atoms with E-state index >= 15 is 0 Å². The van der Waals surface area contributed by atoms with Gasteiger partial charge in [-0.3, -0.25) is 4.99 Å². The highest BCUT2D eigenvalue weighted by molar-refractivity contribution is 6.31. The van der Waals surface area contributed by atoms with Gasteiger partial charge in [0.25, 0.3) is 0 Å². The lowest BCUT2D eigenvalue weighted by Crippen LogP contribution is -2.45. The molecule has 114 valence electrons. The summed E-state index contributed by atoms with van der Waals surface area (Å²) in [4.78, 5) is 6.57. The Morgan fingerprint density at radius 3 is 2.71 bits per heavy atom. The Bertz CT molecular complexity index is 554. The first-order chi connectivity index (χ1) is 10.1.